The highest BCUT2D eigenvalue weighted by Gasteiger charge is 1.99. The van der Waals surface area contributed by atoms with E-state index in [1.807, 2.05) is 7.48 Å². The van der Waals surface area contributed by atoms with Gasteiger partial charge in [-0.3, -0.25) is 0 Å². The van der Waals surface area contributed by atoms with Crippen LogP contribution in [0.3, 0.4) is 0 Å². The molecule has 2 nitrogen and oxygen atoms in total. The molecular formula is C27H44BO2. The predicted molar refractivity (Wildman–Crippen MR) is 136 cm³/mol. The Morgan fingerprint density at radius 1 is 0.900 bits per heavy atom. The van der Waals surface area contributed by atoms with Gasteiger partial charge in [0.2, 0.25) is 0 Å². The van der Waals surface area contributed by atoms with Gasteiger partial charge in [-0.2, -0.15) is 0 Å². The molecule has 0 aliphatic heterocycles. The zero-order valence-corrected chi connectivity index (χ0v) is 20.2. The number of allylic oxidation sites excluding steroid dienone is 8. The highest BCUT2D eigenvalue weighted by atomic mass is 16.4. The number of hydrogen-bond donors (Lipinski definition) is 1. The minimum absolute atomic E-state index is 0.513. The molecule has 30 heavy (non-hydrogen) atoms. The summed E-state index contributed by atoms with van der Waals surface area (Å²) in [5, 5.41) is 7.00. The highest BCUT2D eigenvalue weighted by molar-refractivity contribution is 6.46. The molecule has 0 fully saturated rings. The fourth-order valence-corrected chi connectivity index (χ4v) is 2.18. The summed E-state index contributed by atoms with van der Waals surface area (Å²) in [5.41, 5.74) is 2.39. The smallest absolute Gasteiger partial charge is 0.329 e. The summed E-state index contributed by atoms with van der Waals surface area (Å²) in [4.78, 5) is 0. The monoisotopic (exact) mass is 411 g/mol. The molecule has 0 aliphatic carbocycles. The number of hydrogen-bond acceptors (Lipinski definition) is 2. The third kappa shape index (κ3) is 22.5. The summed E-state index contributed by atoms with van der Waals surface area (Å²) in [5.74, 6) is 0.513. The van der Waals surface area contributed by atoms with Crippen LogP contribution in [0.4, 0.5) is 0 Å². The van der Waals surface area contributed by atoms with Crippen LogP contribution in [-0.4, -0.2) is 26.3 Å². The second-order valence-electron chi connectivity index (χ2n) is 7.03. The number of unbranched alkanes of at least 4 members (excludes halogenated alkanes) is 1. The molecule has 1 atom stereocenters. The molecule has 1 aromatic rings. The van der Waals surface area contributed by atoms with Crippen LogP contribution in [-0.2, 0) is 4.65 Å². The average molecular weight is 411 g/mol. The van der Waals surface area contributed by atoms with Crippen molar-refractivity contribution in [2.24, 2.45) is 5.92 Å². The zero-order chi connectivity index (χ0) is 22.9. The molecule has 0 saturated carbocycles. The van der Waals surface area contributed by atoms with E-state index in [4.69, 9.17) is 9.76 Å². The van der Waals surface area contributed by atoms with Gasteiger partial charge in [-0.05, 0) is 38.5 Å². The lowest BCUT2D eigenvalue weighted by molar-refractivity contribution is 0.316. The van der Waals surface area contributed by atoms with Crippen molar-refractivity contribution >= 4 is 12.9 Å². The van der Waals surface area contributed by atoms with Gasteiger partial charge in [0.25, 0.3) is 0 Å². The van der Waals surface area contributed by atoms with E-state index in [-0.39, 0.29) is 0 Å². The third-order valence-electron chi connectivity index (χ3n) is 3.80. The molecule has 1 N–H and O–H groups in total. The van der Waals surface area contributed by atoms with Crippen LogP contribution in [0.2, 0.25) is 0 Å². The first-order chi connectivity index (χ1) is 14.6. The van der Waals surface area contributed by atoms with E-state index in [1.165, 1.54) is 12.0 Å². The Hall–Kier alpha value is -1.84. The third-order valence-corrected chi connectivity index (χ3v) is 3.80. The molecule has 0 amide bonds. The van der Waals surface area contributed by atoms with E-state index in [0.29, 0.717) is 5.92 Å². The maximum atomic E-state index is 7.00. The van der Waals surface area contributed by atoms with E-state index in [1.54, 1.807) is 0 Å². The number of aliphatic hydroxyl groups excluding tert-OH is 1. The Kier molecular flexibility index (Phi) is 25.5. The summed E-state index contributed by atoms with van der Waals surface area (Å²) >= 11 is 0. The van der Waals surface area contributed by atoms with Crippen LogP contribution in [0.1, 0.15) is 65.4 Å². The Labute approximate surface area is 187 Å². The maximum Gasteiger partial charge on any atom is 0.329 e. The molecular weight excluding hydrogens is 367 g/mol. The molecule has 3 heteroatoms. The van der Waals surface area contributed by atoms with Crippen molar-refractivity contribution in [3.63, 3.8) is 0 Å². The van der Waals surface area contributed by atoms with Crippen LogP contribution in [0.25, 0.3) is 0 Å². The van der Waals surface area contributed by atoms with Crippen LogP contribution >= 0.6 is 0 Å². The number of rotatable bonds is 12. The van der Waals surface area contributed by atoms with E-state index in [2.05, 4.69) is 107 Å². The number of aliphatic hydroxyl groups is 1. The summed E-state index contributed by atoms with van der Waals surface area (Å²) < 4.78 is 5.64. The fourth-order valence-electron chi connectivity index (χ4n) is 2.18. The minimum atomic E-state index is 0.513. The lowest BCUT2D eigenvalue weighted by atomic mass is 9.87. The van der Waals surface area contributed by atoms with Gasteiger partial charge in [0.05, 0.1) is 0 Å². The van der Waals surface area contributed by atoms with Crippen LogP contribution < -0.4 is 5.46 Å². The Morgan fingerprint density at radius 2 is 1.50 bits per heavy atom. The second-order valence-corrected chi connectivity index (χ2v) is 7.03. The van der Waals surface area contributed by atoms with Crippen LogP contribution in [0, 0.1) is 12.8 Å². The van der Waals surface area contributed by atoms with Crippen molar-refractivity contribution in [2.45, 2.75) is 66.7 Å². The van der Waals surface area contributed by atoms with Crippen molar-refractivity contribution in [3.8, 4) is 0 Å². The SMILES string of the molecule is CC/C=C\CC/C=C/C=C\C=C\C(C)CCO[B]c1ccc(C)cc1.CCC.CO. The van der Waals surface area contributed by atoms with Crippen molar-refractivity contribution in [1.29, 1.82) is 0 Å². The van der Waals surface area contributed by atoms with E-state index in [9.17, 15) is 0 Å². The van der Waals surface area contributed by atoms with Crippen molar-refractivity contribution in [2.75, 3.05) is 13.7 Å². The van der Waals surface area contributed by atoms with Crippen molar-refractivity contribution < 1.29 is 9.76 Å². The molecule has 0 bridgehead atoms. The largest absolute Gasteiger partial charge is 0.434 e. The van der Waals surface area contributed by atoms with Gasteiger partial charge in [-0.1, -0.05) is 118 Å². The van der Waals surface area contributed by atoms with Gasteiger partial charge in [0.15, 0.2) is 0 Å². The molecule has 0 aromatic heterocycles. The van der Waals surface area contributed by atoms with Gasteiger partial charge >= 0.3 is 7.48 Å². The Balaban J connectivity index is 0. The lowest BCUT2D eigenvalue weighted by Crippen LogP contribution is -2.18. The predicted octanol–water partition coefficient (Wildman–Crippen LogP) is 6.72. The molecule has 1 unspecified atom stereocenters. The zero-order valence-electron chi connectivity index (χ0n) is 20.2. The van der Waals surface area contributed by atoms with Gasteiger partial charge in [-0.25, -0.2) is 0 Å². The highest BCUT2D eigenvalue weighted by Crippen LogP contribution is 2.04. The number of aryl methyl sites for hydroxylation is 1. The van der Waals surface area contributed by atoms with Gasteiger partial charge in [0, 0.05) is 13.7 Å². The summed E-state index contributed by atoms with van der Waals surface area (Å²) in [6, 6.07) is 8.36. The Morgan fingerprint density at radius 3 is 2.13 bits per heavy atom. The lowest BCUT2D eigenvalue weighted by Gasteiger charge is -2.06. The van der Waals surface area contributed by atoms with Gasteiger partial charge in [0.1, 0.15) is 0 Å². The first-order valence-corrected chi connectivity index (χ1v) is 11.2. The average Bonchev–Trinajstić information content (AvgIpc) is 2.76. The summed E-state index contributed by atoms with van der Waals surface area (Å²) in [7, 11) is 2.84. The molecule has 1 radical (unpaired) electrons. The standard InChI is InChI=1S/C23H32BO.C3H8.CH4O/c1-4-5-6-7-8-9-10-11-12-13-14-21(2)19-20-25-24-23-17-15-22(3)16-18-23;1-3-2;1-2/h5-6,9-18,21H,4,7-8,19-20H2,1-3H3;3H2,1-2H3;2H,1H3/b6-5-,10-9+,12-11-,14-13+;;. The molecule has 1 rings (SSSR count). The van der Waals surface area contributed by atoms with Crippen molar-refractivity contribution in [1.82, 2.24) is 0 Å². The molecule has 0 spiro atoms. The fraction of sp³-hybridized carbons (Fsp3) is 0.481. The molecule has 1 aromatic carbocycles. The van der Waals surface area contributed by atoms with E-state index in [0.717, 1.165) is 44.9 Å². The first kappa shape index (κ1) is 30.4. The molecule has 167 valence electrons. The molecule has 0 heterocycles. The van der Waals surface area contributed by atoms with Gasteiger partial charge in [-0.15, -0.1) is 0 Å². The van der Waals surface area contributed by atoms with Crippen molar-refractivity contribution in [3.05, 3.63) is 78.4 Å². The Bertz CT molecular complexity index is 571. The first-order valence-electron chi connectivity index (χ1n) is 11.2. The second kappa shape index (κ2) is 25.2. The quantitative estimate of drug-likeness (QED) is 0.179. The van der Waals surface area contributed by atoms with Crippen LogP contribution in [0.5, 0.6) is 0 Å². The topological polar surface area (TPSA) is 29.5 Å². The van der Waals surface area contributed by atoms with E-state index < -0.39 is 0 Å². The number of benzene rings is 1. The normalized spacial score (nSPS) is 12.1. The van der Waals surface area contributed by atoms with Gasteiger partial charge < -0.3 is 9.76 Å². The van der Waals surface area contributed by atoms with E-state index >= 15 is 0 Å². The summed E-state index contributed by atoms with van der Waals surface area (Å²) in [6.07, 6.45) is 23.0. The minimum Gasteiger partial charge on any atom is -0.434 e. The van der Waals surface area contributed by atoms with Crippen LogP contribution in [0.15, 0.2) is 72.9 Å². The summed E-state index contributed by atoms with van der Waals surface area (Å²) in [6.45, 7) is 11.5. The molecule has 0 aliphatic rings. The maximum absolute atomic E-state index is 7.00. The molecule has 0 saturated heterocycles.